The van der Waals surface area contributed by atoms with Gasteiger partial charge >= 0.3 is 0 Å². The molecule has 1 N–H and O–H groups in total. The molecule has 2 aromatic carbocycles. The van der Waals surface area contributed by atoms with Crippen LogP contribution in [0.1, 0.15) is 33.0 Å². The van der Waals surface area contributed by atoms with Crippen molar-refractivity contribution in [2.24, 2.45) is 0 Å². The number of hydrogen-bond acceptors (Lipinski definition) is 4. The van der Waals surface area contributed by atoms with Crippen LogP contribution >= 0.6 is 27.5 Å². The third-order valence-corrected chi connectivity index (χ3v) is 5.84. The first-order valence-corrected chi connectivity index (χ1v) is 11.1. The molecule has 0 saturated heterocycles. The van der Waals surface area contributed by atoms with E-state index < -0.39 is 5.91 Å². The van der Waals surface area contributed by atoms with E-state index in [1.54, 1.807) is 23.0 Å². The van der Waals surface area contributed by atoms with Crippen molar-refractivity contribution >= 4 is 39.3 Å². The van der Waals surface area contributed by atoms with E-state index in [1.807, 2.05) is 56.3 Å². The van der Waals surface area contributed by atoms with Crippen LogP contribution in [0.2, 0.25) is 5.02 Å². The Bertz CT molecular complexity index is 1240. The highest BCUT2D eigenvalue weighted by molar-refractivity contribution is 9.10. The number of halogens is 2. The number of hydrogen-bond donors (Lipinski definition) is 1. The van der Waals surface area contributed by atoms with Gasteiger partial charge in [-0.05, 0) is 64.7 Å². The van der Waals surface area contributed by atoms with Crippen molar-refractivity contribution in [3.8, 4) is 5.75 Å². The number of amides is 1. The van der Waals surface area contributed by atoms with Crippen molar-refractivity contribution in [1.29, 1.82) is 0 Å². The average molecular weight is 515 g/mol. The maximum atomic E-state index is 12.6. The Kier molecular flexibility index (Phi) is 6.67. The number of furan rings is 1. The summed E-state index contributed by atoms with van der Waals surface area (Å²) < 4.78 is 13.9. The summed E-state index contributed by atoms with van der Waals surface area (Å²) >= 11 is 9.66. The van der Waals surface area contributed by atoms with Gasteiger partial charge in [-0.1, -0.05) is 48.0 Å². The number of aryl methyl sites for hydroxylation is 2. The Morgan fingerprint density at radius 1 is 1.12 bits per heavy atom. The van der Waals surface area contributed by atoms with Gasteiger partial charge in [0.1, 0.15) is 18.1 Å². The summed E-state index contributed by atoms with van der Waals surface area (Å²) in [5.74, 6) is 1.56. The minimum Gasteiger partial charge on any atom is -0.485 e. The molecule has 0 fully saturated rings. The second kappa shape index (κ2) is 9.63. The van der Waals surface area contributed by atoms with Gasteiger partial charge < -0.3 is 14.5 Å². The van der Waals surface area contributed by atoms with Crippen molar-refractivity contribution in [2.45, 2.75) is 27.0 Å². The van der Waals surface area contributed by atoms with Gasteiger partial charge in [0.25, 0.3) is 5.91 Å². The molecule has 2 heterocycles. The van der Waals surface area contributed by atoms with Crippen LogP contribution in [0, 0.1) is 13.8 Å². The normalized spacial score (nSPS) is 10.9. The van der Waals surface area contributed by atoms with Crippen LogP contribution < -0.4 is 10.1 Å². The zero-order valence-electron chi connectivity index (χ0n) is 17.6. The zero-order valence-corrected chi connectivity index (χ0v) is 19.9. The first kappa shape index (κ1) is 22.2. The number of ether oxygens (including phenoxy) is 1. The molecule has 4 aromatic rings. The quantitative estimate of drug-likeness (QED) is 0.310. The van der Waals surface area contributed by atoms with Crippen LogP contribution in [-0.4, -0.2) is 15.7 Å². The number of nitrogens with zero attached hydrogens (tertiary/aromatic N) is 2. The predicted octanol–water partition coefficient (Wildman–Crippen LogP) is 6.39. The number of benzene rings is 2. The van der Waals surface area contributed by atoms with Crippen LogP contribution in [-0.2, 0) is 13.2 Å². The van der Waals surface area contributed by atoms with Gasteiger partial charge in [0, 0.05) is 11.2 Å². The molecule has 0 spiro atoms. The SMILES string of the molecule is Cc1cccc(C)c1OCc1ccc(C(=O)Nc2nn(Cc3ccccc3Cl)cc2Br)o1. The summed E-state index contributed by atoms with van der Waals surface area (Å²) in [6.45, 7) is 4.70. The third-order valence-electron chi connectivity index (χ3n) is 4.89. The number of rotatable bonds is 7. The van der Waals surface area contributed by atoms with Gasteiger partial charge in [-0.15, -0.1) is 0 Å². The minimum atomic E-state index is -0.396. The second-order valence-electron chi connectivity index (χ2n) is 7.34. The van der Waals surface area contributed by atoms with Gasteiger partial charge in [0.2, 0.25) is 0 Å². The summed E-state index contributed by atoms with van der Waals surface area (Å²) in [7, 11) is 0. The van der Waals surface area contributed by atoms with E-state index in [0.717, 1.165) is 22.4 Å². The monoisotopic (exact) mass is 513 g/mol. The van der Waals surface area contributed by atoms with Crippen LogP contribution in [0.3, 0.4) is 0 Å². The molecule has 32 heavy (non-hydrogen) atoms. The van der Waals surface area contributed by atoms with Crippen molar-refractivity contribution < 1.29 is 13.9 Å². The Balaban J connectivity index is 1.40. The molecular formula is C24H21BrClN3O3. The maximum absolute atomic E-state index is 12.6. The molecule has 0 atom stereocenters. The summed E-state index contributed by atoms with van der Waals surface area (Å²) in [5, 5.41) is 7.86. The Morgan fingerprint density at radius 2 is 1.88 bits per heavy atom. The zero-order chi connectivity index (χ0) is 22.7. The maximum Gasteiger partial charge on any atom is 0.292 e. The van der Waals surface area contributed by atoms with Crippen molar-refractivity contribution in [3.63, 3.8) is 0 Å². The van der Waals surface area contributed by atoms with Crippen LogP contribution in [0.15, 0.2) is 69.7 Å². The van der Waals surface area contributed by atoms with E-state index in [2.05, 4.69) is 26.3 Å². The number of anilines is 1. The highest BCUT2D eigenvalue weighted by Gasteiger charge is 2.16. The smallest absolute Gasteiger partial charge is 0.292 e. The molecule has 0 aliphatic rings. The summed E-state index contributed by atoms with van der Waals surface area (Å²) in [6.07, 6.45) is 1.78. The molecule has 2 aromatic heterocycles. The topological polar surface area (TPSA) is 69.3 Å². The predicted molar refractivity (Wildman–Crippen MR) is 127 cm³/mol. The Hall–Kier alpha value is -3.03. The van der Waals surface area contributed by atoms with Crippen molar-refractivity contribution in [1.82, 2.24) is 9.78 Å². The van der Waals surface area contributed by atoms with Crippen LogP contribution in [0.5, 0.6) is 5.75 Å². The van der Waals surface area contributed by atoms with E-state index in [0.29, 0.717) is 27.6 Å². The van der Waals surface area contributed by atoms with E-state index >= 15 is 0 Å². The van der Waals surface area contributed by atoms with Gasteiger partial charge in [-0.3, -0.25) is 9.48 Å². The number of para-hydroxylation sites is 1. The molecule has 0 unspecified atom stereocenters. The minimum absolute atomic E-state index is 0.178. The number of carbonyl (C=O) groups is 1. The van der Waals surface area contributed by atoms with E-state index in [-0.39, 0.29) is 12.4 Å². The van der Waals surface area contributed by atoms with E-state index in [1.165, 1.54) is 0 Å². The second-order valence-corrected chi connectivity index (χ2v) is 8.61. The fourth-order valence-electron chi connectivity index (χ4n) is 3.28. The van der Waals surface area contributed by atoms with Gasteiger partial charge in [0.05, 0.1) is 11.0 Å². The third kappa shape index (κ3) is 5.06. The molecular weight excluding hydrogens is 494 g/mol. The largest absolute Gasteiger partial charge is 0.485 e. The molecule has 8 heteroatoms. The molecule has 1 amide bonds. The molecule has 0 aliphatic carbocycles. The Morgan fingerprint density at radius 3 is 2.62 bits per heavy atom. The van der Waals surface area contributed by atoms with E-state index in [4.69, 9.17) is 20.8 Å². The summed E-state index contributed by atoms with van der Waals surface area (Å²) in [6, 6.07) is 16.9. The number of carbonyl (C=O) groups excluding carboxylic acids is 1. The first-order chi connectivity index (χ1) is 15.4. The lowest BCUT2D eigenvalue weighted by Gasteiger charge is -2.10. The van der Waals surface area contributed by atoms with E-state index in [9.17, 15) is 4.79 Å². The standard InChI is InChI=1S/C24H21BrClN3O3/c1-15-6-5-7-16(2)22(15)31-14-18-10-11-21(32-18)24(30)27-23-19(25)13-29(28-23)12-17-8-3-4-9-20(17)26/h3-11,13H,12,14H2,1-2H3,(H,27,28,30). The molecule has 0 saturated carbocycles. The van der Waals surface area contributed by atoms with Gasteiger partial charge in [-0.2, -0.15) is 5.10 Å². The Labute approximate surface area is 199 Å². The molecule has 0 radical (unpaired) electrons. The first-order valence-electron chi connectivity index (χ1n) is 9.96. The highest BCUT2D eigenvalue weighted by Crippen LogP contribution is 2.25. The number of nitrogens with one attached hydrogen (secondary N) is 1. The lowest BCUT2D eigenvalue weighted by atomic mass is 10.1. The van der Waals surface area contributed by atoms with Gasteiger partial charge in [0.15, 0.2) is 11.6 Å². The molecule has 164 valence electrons. The summed E-state index contributed by atoms with van der Waals surface area (Å²) in [4.78, 5) is 12.6. The fourth-order valence-corrected chi connectivity index (χ4v) is 3.89. The summed E-state index contributed by atoms with van der Waals surface area (Å²) in [5.41, 5.74) is 3.03. The average Bonchev–Trinajstić information content (AvgIpc) is 3.36. The molecule has 6 nitrogen and oxygen atoms in total. The van der Waals surface area contributed by atoms with Crippen molar-refractivity contribution in [2.75, 3.05) is 5.32 Å². The molecule has 0 bridgehead atoms. The van der Waals surface area contributed by atoms with Crippen LogP contribution in [0.4, 0.5) is 5.82 Å². The molecule has 0 aliphatic heterocycles. The lowest BCUT2D eigenvalue weighted by Crippen LogP contribution is -2.12. The van der Waals surface area contributed by atoms with Gasteiger partial charge in [-0.25, -0.2) is 0 Å². The fraction of sp³-hybridized carbons (Fsp3) is 0.167. The van der Waals surface area contributed by atoms with Crippen molar-refractivity contribution in [3.05, 3.63) is 98.5 Å². The highest BCUT2D eigenvalue weighted by atomic mass is 79.9. The van der Waals surface area contributed by atoms with Crippen LogP contribution in [0.25, 0.3) is 0 Å². The molecule has 4 rings (SSSR count). The number of aromatic nitrogens is 2. The lowest BCUT2D eigenvalue weighted by molar-refractivity contribution is 0.0992.